The monoisotopic (exact) mass is 406 g/mol. The highest BCUT2D eigenvalue weighted by Gasteiger charge is 2.12. The highest BCUT2D eigenvalue weighted by Crippen LogP contribution is 2.19. The normalized spacial score (nSPS) is 10.8. The molecule has 2 heterocycles. The number of thiophene rings is 1. The fraction of sp³-hybridized carbons (Fsp3) is 0.278. The van der Waals surface area contributed by atoms with Gasteiger partial charge < -0.3 is 9.88 Å². The second-order valence-electron chi connectivity index (χ2n) is 5.73. The minimum atomic E-state index is -0.00762. The molecule has 1 amide bonds. The first-order valence-electron chi connectivity index (χ1n) is 8.16. The number of thioether (sulfide) groups is 1. The Morgan fingerprint density at radius 1 is 1.27 bits per heavy atom. The molecule has 8 heteroatoms. The van der Waals surface area contributed by atoms with Crippen LogP contribution in [-0.4, -0.2) is 33.0 Å². The summed E-state index contributed by atoms with van der Waals surface area (Å²) in [4.78, 5) is 13.3. The predicted molar refractivity (Wildman–Crippen MR) is 107 cm³/mol. The second kappa shape index (κ2) is 9.21. The van der Waals surface area contributed by atoms with Crippen molar-refractivity contribution in [1.29, 1.82) is 0 Å². The zero-order chi connectivity index (χ0) is 18.4. The minimum Gasteiger partial charge on any atom is -0.355 e. The smallest absolute Gasteiger partial charge is 0.230 e. The summed E-state index contributed by atoms with van der Waals surface area (Å²) < 4.78 is 1.95. The highest BCUT2D eigenvalue weighted by atomic mass is 35.5. The Morgan fingerprint density at radius 2 is 2.08 bits per heavy atom. The average Bonchev–Trinajstić information content (AvgIpc) is 3.26. The standard InChI is InChI=1S/C18H19ClN4OS2/c1-23-16(11-15-3-2-10-25-15)21-22-18(23)26-12-17(24)20-9-8-13-4-6-14(19)7-5-13/h2-7,10H,8-9,11-12H2,1H3,(H,20,24). The number of rotatable bonds is 8. The van der Waals surface area contributed by atoms with Gasteiger partial charge in [0, 0.05) is 29.9 Å². The van der Waals surface area contributed by atoms with E-state index >= 15 is 0 Å². The molecule has 0 radical (unpaired) electrons. The number of nitrogens with zero attached hydrogens (tertiary/aromatic N) is 3. The molecule has 136 valence electrons. The molecule has 0 unspecified atom stereocenters. The number of amides is 1. The lowest BCUT2D eigenvalue weighted by Gasteiger charge is -2.06. The van der Waals surface area contributed by atoms with Crippen LogP contribution >= 0.6 is 34.7 Å². The van der Waals surface area contributed by atoms with Crippen LogP contribution in [0, 0.1) is 0 Å². The van der Waals surface area contributed by atoms with Gasteiger partial charge in [-0.25, -0.2) is 0 Å². The first-order chi connectivity index (χ1) is 12.6. The van der Waals surface area contributed by atoms with E-state index in [2.05, 4.69) is 27.0 Å². The number of carbonyl (C=O) groups is 1. The van der Waals surface area contributed by atoms with Crippen molar-refractivity contribution in [3.63, 3.8) is 0 Å². The summed E-state index contributed by atoms with van der Waals surface area (Å²) in [5, 5.41) is 14.9. The van der Waals surface area contributed by atoms with Gasteiger partial charge in [0.2, 0.25) is 5.91 Å². The zero-order valence-corrected chi connectivity index (χ0v) is 16.7. The Morgan fingerprint density at radius 3 is 2.81 bits per heavy atom. The summed E-state index contributed by atoms with van der Waals surface area (Å²) in [7, 11) is 1.93. The van der Waals surface area contributed by atoms with E-state index in [1.807, 2.05) is 41.9 Å². The third-order valence-corrected chi connectivity index (χ3v) is 5.97. The molecule has 3 rings (SSSR count). The van der Waals surface area contributed by atoms with Crippen molar-refractivity contribution in [2.75, 3.05) is 12.3 Å². The Balaban J connectivity index is 1.43. The van der Waals surface area contributed by atoms with E-state index in [1.165, 1.54) is 16.6 Å². The van der Waals surface area contributed by atoms with Crippen molar-refractivity contribution >= 4 is 40.6 Å². The predicted octanol–water partition coefficient (Wildman–Crippen LogP) is 3.57. The average molecular weight is 407 g/mol. The maximum atomic E-state index is 12.0. The third kappa shape index (κ3) is 5.33. The molecule has 0 spiro atoms. The first kappa shape index (κ1) is 18.9. The number of aromatic nitrogens is 3. The van der Waals surface area contributed by atoms with Gasteiger partial charge in [-0.15, -0.1) is 21.5 Å². The fourth-order valence-electron chi connectivity index (χ4n) is 2.37. The van der Waals surface area contributed by atoms with E-state index < -0.39 is 0 Å². The first-order valence-corrected chi connectivity index (χ1v) is 10.4. The minimum absolute atomic E-state index is 0.00762. The molecule has 0 fully saturated rings. The molecule has 0 bridgehead atoms. The summed E-state index contributed by atoms with van der Waals surface area (Å²) in [6.07, 6.45) is 1.54. The molecular formula is C18H19ClN4OS2. The van der Waals surface area contributed by atoms with Crippen LogP contribution in [0.1, 0.15) is 16.3 Å². The van der Waals surface area contributed by atoms with Gasteiger partial charge in [-0.3, -0.25) is 4.79 Å². The lowest BCUT2D eigenvalue weighted by Crippen LogP contribution is -2.27. The Kier molecular flexibility index (Phi) is 6.71. The maximum absolute atomic E-state index is 12.0. The third-order valence-electron chi connectivity index (χ3n) is 3.82. The van der Waals surface area contributed by atoms with Gasteiger partial charge in [-0.05, 0) is 35.6 Å². The molecule has 0 aliphatic heterocycles. The van der Waals surface area contributed by atoms with Crippen LogP contribution in [0.2, 0.25) is 5.02 Å². The number of carbonyl (C=O) groups excluding carboxylic acids is 1. The van der Waals surface area contributed by atoms with Gasteiger partial charge in [-0.1, -0.05) is 41.6 Å². The number of halogens is 1. The van der Waals surface area contributed by atoms with Crippen molar-refractivity contribution in [2.45, 2.75) is 18.0 Å². The molecule has 0 aliphatic rings. The summed E-state index contributed by atoms with van der Waals surface area (Å²) in [5.74, 6) is 1.22. The summed E-state index contributed by atoms with van der Waals surface area (Å²) in [6.45, 7) is 0.601. The largest absolute Gasteiger partial charge is 0.355 e. The summed E-state index contributed by atoms with van der Waals surface area (Å²) in [6, 6.07) is 11.8. The lowest BCUT2D eigenvalue weighted by molar-refractivity contribution is -0.118. The topological polar surface area (TPSA) is 59.8 Å². The molecule has 0 saturated heterocycles. The van der Waals surface area contributed by atoms with Crippen LogP contribution in [0.15, 0.2) is 46.9 Å². The van der Waals surface area contributed by atoms with Gasteiger partial charge in [0.25, 0.3) is 0 Å². The summed E-state index contributed by atoms with van der Waals surface area (Å²) >= 11 is 8.97. The van der Waals surface area contributed by atoms with E-state index in [4.69, 9.17) is 11.6 Å². The van der Waals surface area contributed by atoms with E-state index in [0.29, 0.717) is 12.3 Å². The van der Waals surface area contributed by atoms with Crippen molar-refractivity contribution in [1.82, 2.24) is 20.1 Å². The molecule has 1 aromatic carbocycles. The van der Waals surface area contributed by atoms with Crippen molar-refractivity contribution in [3.8, 4) is 0 Å². The van der Waals surface area contributed by atoms with Crippen LogP contribution in [0.4, 0.5) is 0 Å². The molecule has 0 atom stereocenters. The Bertz CT molecular complexity index is 847. The van der Waals surface area contributed by atoms with E-state index in [9.17, 15) is 4.79 Å². The van der Waals surface area contributed by atoms with Gasteiger partial charge in [0.15, 0.2) is 5.16 Å². The molecule has 2 aromatic heterocycles. The lowest BCUT2D eigenvalue weighted by atomic mass is 10.1. The quantitative estimate of drug-likeness (QED) is 0.581. The van der Waals surface area contributed by atoms with Crippen molar-refractivity contribution in [2.24, 2.45) is 7.05 Å². The van der Waals surface area contributed by atoms with Crippen LogP contribution in [0.5, 0.6) is 0 Å². The molecular weight excluding hydrogens is 388 g/mol. The Labute approximate surface area is 165 Å². The molecule has 26 heavy (non-hydrogen) atoms. The van der Waals surface area contributed by atoms with Crippen LogP contribution < -0.4 is 5.32 Å². The van der Waals surface area contributed by atoms with Gasteiger partial charge in [-0.2, -0.15) is 0 Å². The number of nitrogens with one attached hydrogen (secondary N) is 1. The van der Waals surface area contributed by atoms with Gasteiger partial charge in [0.05, 0.1) is 5.75 Å². The molecule has 0 aliphatic carbocycles. The number of benzene rings is 1. The number of hydrogen-bond donors (Lipinski definition) is 1. The van der Waals surface area contributed by atoms with Gasteiger partial charge in [0.1, 0.15) is 5.82 Å². The molecule has 1 N–H and O–H groups in total. The van der Waals surface area contributed by atoms with E-state index in [1.54, 1.807) is 11.3 Å². The van der Waals surface area contributed by atoms with Gasteiger partial charge >= 0.3 is 0 Å². The van der Waals surface area contributed by atoms with E-state index in [-0.39, 0.29) is 5.91 Å². The van der Waals surface area contributed by atoms with Crippen LogP contribution in [0.25, 0.3) is 0 Å². The Hall–Kier alpha value is -1.83. The zero-order valence-electron chi connectivity index (χ0n) is 14.3. The summed E-state index contributed by atoms with van der Waals surface area (Å²) in [5.41, 5.74) is 1.15. The van der Waals surface area contributed by atoms with Crippen molar-refractivity contribution in [3.05, 3.63) is 63.1 Å². The fourth-order valence-corrected chi connectivity index (χ4v) is 3.96. The van der Waals surface area contributed by atoms with Crippen LogP contribution in [-0.2, 0) is 24.7 Å². The molecule has 3 aromatic rings. The SMILES string of the molecule is Cn1c(Cc2cccs2)nnc1SCC(=O)NCCc1ccc(Cl)cc1. The van der Waals surface area contributed by atoms with Crippen LogP contribution in [0.3, 0.4) is 0 Å². The maximum Gasteiger partial charge on any atom is 0.230 e. The second-order valence-corrected chi connectivity index (χ2v) is 8.14. The molecule has 5 nitrogen and oxygen atoms in total. The van der Waals surface area contributed by atoms with Crippen molar-refractivity contribution < 1.29 is 4.79 Å². The molecule has 0 saturated carbocycles. The number of hydrogen-bond acceptors (Lipinski definition) is 5. The van der Waals surface area contributed by atoms with E-state index in [0.717, 1.165) is 34.4 Å². The highest BCUT2D eigenvalue weighted by molar-refractivity contribution is 7.99.